The number of thioether (sulfide) groups is 1. The molecule has 1 fully saturated rings. The molecule has 1 N–H and O–H groups in total. The van der Waals surface area contributed by atoms with E-state index in [2.05, 4.69) is 20.4 Å². The maximum atomic E-state index is 13.8. The highest BCUT2D eigenvalue weighted by molar-refractivity contribution is 7.99. The number of rotatable bonds is 12. The minimum Gasteiger partial charge on any atom is -0.330 e. The molecule has 12 heteroatoms. The topological polar surface area (TPSA) is 127 Å². The van der Waals surface area contributed by atoms with Crippen LogP contribution in [-0.4, -0.2) is 45.7 Å². The molecule has 47 heavy (non-hydrogen) atoms. The van der Waals surface area contributed by atoms with E-state index in [4.69, 9.17) is 0 Å². The van der Waals surface area contributed by atoms with Crippen molar-refractivity contribution in [2.45, 2.75) is 53.8 Å². The number of fused-ring (bicyclic) bond motifs is 1. The molecule has 5 aromatic rings. The Hall–Kier alpha value is -4.52. The summed E-state index contributed by atoms with van der Waals surface area (Å²) in [5.74, 6) is -0.0336. The fourth-order valence-electron chi connectivity index (χ4n) is 5.92. The molecule has 1 amide bonds. The summed E-state index contributed by atoms with van der Waals surface area (Å²) in [6, 6.07) is 29.2. The number of nitro groups is 1. The summed E-state index contributed by atoms with van der Waals surface area (Å²) in [5, 5.41) is 11.6. The fourth-order valence-corrected chi connectivity index (χ4v) is 7.92. The summed E-state index contributed by atoms with van der Waals surface area (Å²) in [7, 11) is -4.22. The monoisotopic (exact) mass is 669 g/mol. The molecule has 1 aliphatic carbocycles. The molecule has 1 unspecified atom stereocenters. The Kier molecular flexibility index (Phi) is 10.00. The summed E-state index contributed by atoms with van der Waals surface area (Å²) in [5.41, 5.74) is 3.93. The van der Waals surface area contributed by atoms with E-state index in [1.807, 2.05) is 18.5 Å². The molecule has 10 nitrogen and oxygen atoms in total. The number of hydrogen-bond donors (Lipinski definition) is 1. The smallest absolute Gasteiger partial charge is 0.281 e. The molecule has 0 aliphatic heterocycles. The lowest BCUT2D eigenvalue weighted by Crippen LogP contribution is -2.50. The van der Waals surface area contributed by atoms with Crippen molar-refractivity contribution >= 4 is 38.7 Å². The SMILES string of the molecule is O=C(c1ccc(-c2ccc3c(c2)ncn3CC2CCCCC2)cc1)N(CC(Sc1ccccc1)[N+](=O)[O-])NS(=O)(=O)c1ccccc1. The Morgan fingerprint density at radius 3 is 2.28 bits per heavy atom. The van der Waals surface area contributed by atoms with Crippen LogP contribution in [0.15, 0.2) is 119 Å². The van der Waals surface area contributed by atoms with Gasteiger partial charge in [0.15, 0.2) is 0 Å². The first-order valence-electron chi connectivity index (χ1n) is 15.6. The van der Waals surface area contributed by atoms with Crippen molar-refractivity contribution in [3.8, 4) is 11.1 Å². The normalized spacial score (nSPS) is 14.6. The van der Waals surface area contributed by atoms with E-state index in [9.17, 15) is 23.3 Å². The van der Waals surface area contributed by atoms with Gasteiger partial charge in [-0.3, -0.25) is 19.9 Å². The van der Waals surface area contributed by atoms with Gasteiger partial charge in [-0.1, -0.05) is 73.9 Å². The molecular weight excluding hydrogens is 635 g/mol. The Bertz CT molecular complexity index is 1950. The van der Waals surface area contributed by atoms with Crippen LogP contribution in [0.5, 0.6) is 0 Å². The van der Waals surface area contributed by atoms with Crippen LogP contribution in [0.2, 0.25) is 0 Å². The Morgan fingerprint density at radius 2 is 1.60 bits per heavy atom. The minimum absolute atomic E-state index is 0.0712. The number of aromatic nitrogens is 2. The van der Waals surface area contributed by atoms with Crippen LogP contribution in [0.3, 0.4) is 0 Å². The number of nitrogens with one attached hydrogen (secondary N) is 1. The molecule has 1 aliphatic rings. The van der Waals surface area contributed by atoms with Crippen LogP contribution >= 0.6 is 11.8 Å². The molecule has 0 spiro atoms. The van der Waals surface area contributed by atoms with Crippen molar-refractivity contribution in [3.63, 3.8) is 0 Å². The molecule has 0 saturated heterocycles. The number of nitrogens with zero attached hydrogens (tertiary/aromatic N) is 4. The fraction of sp³-hybridized carbons (Fsp3) is 0.257. The Labute approximate surface area is 278 Å². The van der Waals surface area contributed by atoms with Gasteiger partial charge in [-0.2, -0.15) is 0 Å². The molecule has 0 bridgehead atoms. The number of carbonyl (C=O) groups is 1. The maximum absolute atomic E-state index is 13.8. The molecule has 1 saturated carbocycles. The first kappa shape index (κ1) is 32.4. The average Bonchev–Trinajstić information content (AvgIpc) is 3.50. The highest BCUT2D eigenvalue weighted by atomic mass is 32.2. The van der Waals surface area contributed by atoms with Crippen molar-refractivity contribution in [3.05, 3.63) is 125 Å². The zero-order valence-electron chi connectivity index (χ0n) is 25.6. The molecule has 0 radical (unpaired) electrons. The number of hydrogen-bond acceptors (Lipinski definition) is 7. The number of sulfonamides is 1. The predicted molar refractivity (Wildman–Crippen MR) is 183 cm³/mol. The number of amides is 1. The highest BCUT2D eigenvalue weighted by Gasteiger charge is 2.32. The second-order valence-corrected chi connectivity index (χ2v) is 14.6. The third-order valence-corrected chi connectivity index (χ3v) is 10.9. The Balaban J connectivity index is 1.23. The first-order chi connectivity index (χ1) is 22.8. The van der Waals surface area contributed by atoms with Crippen LogP contribution < -0.4 is 4.83 Å². The van der Waals surface area contributed by atoms with E-state index in [1.54, 1.807) is 72.8 Å². The van der Waals surface area contributed by atoms with Crippen LogP contribution in [-0.2, 0) is 16.6 Å². The van der Waals surface area contributed by atoms with Gasteiger partial charge in [-0.15, -0.1) is 4.83 Å². The molecule has 1 atom stereocenters. The lowest BCUT2D eigenvalue weighted by atomic mass is 9.89. The summed E-state index contributed by atoms with van der Waals surface area (Å²) in [6.45, 7) is 0.456. The van der Waals surface area contributed by atoms with Gasteiger partial charge in [0.2, 0.25) is 0 Å². The average molecular weight is 670 g/mol. The highest BCUT2D eigenvalue weighted by Crippen LogP contribution is 2.29. The molecule has 6 rings (SSSR count). The number of carbonyl (C=O) groups excluding carboxylic acids is 1. The zero-order chi connectivity index (χ0) is 32.8. The van der Waals surface area contributed by atoms with Gasteiger partial charge in [0.1, 0.15) is 6.54 Å². The van der Waals surface area contributed by atoms with Crippen molar-refractivity contribution in [2.24, 2.45) is 5.92 Å². The van der Waals surface area contributed by atoms with Gasteiger partial charge in [-0.05, 0) is 90.2 Å². The van der Waals surface area contributed by atoms with E-state index in [0.29, 0.717) is 10.8 Å². The lowest BCUT2D eigenvalue weighted by molar-refractivity contribution is -0.495. The molecule has 242 valence electrons. The predicted octanol–water partition coefficient (Wildman–Crippen LogP) is 7.01. The third kappa shape index (κ3) is 7.90. The first-order valence-corrected chi connectivity index (χ1v) is 17.9. The lowest BCUT2D eigenvalue weighted by Gasteiger charge is -2.24. The van der Waals surface area contributed by atoms with Crippen molar-refractivity contribution < 1.29 is 18.1 Å². The van der Waals surface area contributed by atoms with Gasteiger partial charge in [-0.25, -0.2) is 13.4 Å². The van der Waals surface area contributed by atoms with Gasteiger partial charge in [0.25, 0.3) is 21.3 Å². The van der Waals surface area contributed by atoms with E-state index in [0.717, 1.165) is 45.5 Å². The van der Waals surface area contributed by atoms with Gasteiger partial charge in [0, 0.05) is 21.9 Å². The van der Waals surface area contributed by atoms with Crippen molar-refractivity contribution in [2.75, 3.05) is 6.54 Å². The standard InChI is InChI=1S/C35H35N5O5S2/c41-35(39(37-47(44,45)31-14-8-3-9-15-31)24-34(40(42)43)46-30-12-6-2-7-13-30)28-18-16-27(17-19-28)29-20-21-33-32(22-29)36-25-38(33)23-26-10-4-1-5-11-26/h2-3,6-9,12-22,25-26,34,37H,1,4-5,10-11,23-24H2. The van der Waals surface area contributed by atoms with Gasteiger partial charge >= 0.3 is 0 Å². The largest absolute Gasteiger partial charge is 0.330 e. The summed E-state index contributed by atoms with van der Waals surface area (Å²) >= 11 is 0.936. The zero-order valence-corrected chi connectivity index (χ0v) is 27.3. The van der Waals surface area contributed by atoms with Crippen molar-refractivity contribution in [1.29, 1.82) is 0 Å². The molecule has 1 aromatic heterocycles. The van der Waals surface area contributed by atoms with Crippen LogP contribution in [0.4, 0.5) is 0 Å². The number of benzene rings is 4. The molecular formula is C35H35N5O5S2. The van der Waals surface area contributed by atoms with Crippen LogP contribution in [0, 0.1) is 16.0 Å². The number of hydrazine groups is 1. The Morgan fingerprint density at radius 1 is 0.936 bits per heavy atom. The molecule has 4 aromatic carbocycles. The summed E-state index contributed by atoms with van der Waals surface area (Å²) < 4.78 is 28.7. The summed E-state index contributed by atoms with van der Waals surface area (Å²) in [6.07, 6.45) is 8.32. The third-order valence-electron chi connectivity index (χ3n) is 8.38. The van der Waals surface area contributed by atoms with Crippen LogP contribution in [0.25, 0.3) is 22.2 Å². The van der Waals surface area contributed by atoms with E-state index < -0.39 is 32.8 Å². The summed E-state index contributed by atoms with van der Waals surface area (Å²) in [4.78, 5) is 32.9. The van der Waals surface area contributed by atoms with E-state index in [1.165, 1.54) is 44.2 Å². The maximum Gasteiger partial charge on any atom is 0.281 e. The quantitative estimate of drug-likeness (QED) is 0.0655. The minimum atomic E-state index is -4.22. The second-order valence-electron chi connectivity index (χ2n) is 11.7. The van der Waals surface area contributed by atoms with Gasteiger partial charge < -0.3 is 4.57 Å². The van der Waals surface area contributed by atoms with Crippen LogP contribution in [0.1, 0.15) is 42.5 Å². The van der Waals surface area contributed by atoms with E-state index >= 15 is 0 Å². The second kappa shape index (κ2) is 14.5. The molecule has 1 heterocycles. The van der Waals surface area contributed by atoms with Gasteiger partial charge in [0.05, 0.1) is 22.3 Å². The number of imidazole rings is 1. The van der Waals surface area contributed by atoms with Crippen molar-refractivity contribution in [1.82, 2.24) is 19.4 Å². The van der Waals surface area contributed by atoms with E-state index in [-0.39, 0.29) is 10.5 Å².